The largest absolute Gasteiger partial charge is 0.215 e. The fourth-order valence-electron chi connectivity index (χ4n) is 15.3. The Morgan fingerprint density at radius 3 is 0.958 bits per heavy atom. The summed E-state index contributed by atoms with van der Waals surface area (Å²) in [4.78, 5) is 0. The zero-order chi connectivity index (χ0) is 90.2. The van der Waals surface area contributed by atoms with Gasteiger partial charge in [0.25, 0.3) is 0 Å². The number of rotatable bonds is 14. The van der Waals surface area contributed by atoms with Crippen LogP contribution < -0.4 is 32.0 Å². The lowest BCUT2D eigenvalue weighted by Crippen LogP contribution is -2.33. The maximum absolute atomic E-state index is 7.64. The van der Waals surface area contributed by atoms with Crippen LogP contribution in [0.1, 0.15) is 181 Å². The Kier molecular flexibility index (Phi) is 33.2. The number of hydrogen-bond acceptors (Lipinski definition) is 0. The van der Waals surface area contributed by atoms with Crippen LogP contribution in [-0.4, -0.2) is 0 Å². The molecule has 0 aliphatic heterocycles. The van der Waals surface area contributed by atoms with Gasteiger partial charge in [-0.2, -0.15) is 0 Å². The Hall–Kier alpha value is -11.4. The van der Waals surface area contributed by atoms with Crippen molar-refractivity contribution in [1.82, 2.24) is 0 Å². The third kappa shape index (κ3) is 26.3. The van der Waals surface area contributed by atoms with E-state index >= 15 is 0 Å². The van der Waals surface area contributed by atoms with Gasteiger partial charge in [-0.1, -0.05) is 204 Å². The molecule has 0 aliphatic carbocycles. The smallest absolute Gasteiger partial charge is 0.201 e. The second-order valence-electron chi connectivity index (χ2n) is 34.9. The summed E-state index contributed by atoms with van der Waals surface area (Å²) in [6.07, 6.45) is 19.4. The third-order valence-corrected chi connectivity index (χ3v) is 22.6. The third-order valence-electron chi connectivity index (χ3n) is 22.6. The molecule has 0 fully saturated rings. The van der Waals surface area contributed by atoms with Crippen LogP contribution in [0.5, 0.6) is 0 Å². The molecule has 0 saturated carbocycles. The molecule has 120 heavy (non-hydrogen) atoms. The summed E-state index contributed by atoms with van der Waals surface area (Å²) in [5.41, 5.74) is 37.9. The molecule has 7 heterocycles. The number of hydrogen-bond donors (Lipinski definition) is 0. The van der Waals surface area contributed by atoms with Crippen molar-refractivity contribution >= 4 is 0 Å². The molecule has 0 N–H and O–H groups in total. The van der Waals surface area contributed by atoms with Crippen molar-refractivity contribution in [3.05, 3.63) is 375 Å². The summed E-state index contributed by atoms with van der Waals surface area (Å²) in [7, 11) is 14.6. The second-order valence-corrected chi connectivity index (χ2v) is 34.9. The topological polar surface area (TPSA) is 27.2 Å². The molecule has 0 unspecified atom stereocenters. The molecule has 0 bridgehead atoms. The van der Waals surface area contributed by atoms with Gasteiger partial charge in [-0.15, -0.1) is 0 Å². The molecule has 7 aromatic carbocycles. The highest BCUT2D eigenvalue weighted by Crippen LogP contribution is 2.30. The minimum absolute atomic E-state index is 0.331. The average molecular weight is 1600 g/mol. The normalized spacial score (nSPS) is 11.3. The van der Waals surface area contributed by atoms with E-state index in [1.807, 2.05) is 37.6 Å². The highest BCUT2D eigenvalue weighted by molar-refractivity contribution is 5.67. The van der Waals surface area contributed by atoms with Crippen LogP contribution in [0.25, 0.3) is 78.8 Å². The van der Waals surface area contributed by atoms with Gasteiger partial charge in [0, 0.05) is 125 Å². The average Bonchev–Trinajstić information content (AvgIpc) is 0.768. The minimum atomic E-state index is -2.07. The van der Waals surface area contributed by atoms with Crippen LogP contribution in [0.3, 0.4) is 0 Å². The number of aryl methyl sites for hydroxylation is 17. The highest BCUT2D eigenvalue weighted by Gasteiger charge is 2.23. The van der Waals surface area contributed by atoms with E-state index in [1.54, 1.807) is 6.20 Å². The summed E-state index contributed by atoms with van der Waals surface area (Å²) in [5, 5.41) is 0. The molecule has 0 atom stereocenters. The summed E-state index contributed by atoms with van der Waals surface area (Å²) in [5.74, 6) is 1.85. The van der Waals surface area contributed by atoms with Gasteiger partial charge in [0.05, 0.1) is 0 Å². The first-order valence-electron chi connectivity index (χ1n) is 44.7. The summed E-state index contributed by atoms with van der Waals surface area (Å²) >= 11 is 0. The van der Waals surface area contributed by atoms with E-state index in [0.717, 1.165) is 48.1 Å². The fourth-order valence-corrected chi connectivity index (χ4v) is 15.3. The lowest BCUT2D eigenvalue weighted by molar-refractivity contribution is -0.661. The molecular weight excluding hydrogens is 1460 g/mol. The van der Waals surface area contributed by atoms with Gasteiger partial charge in [-0.05, 0) is 240 Å². The summed E-state index contributed by atoms with van der Waals surface area (Å²) in [6, 6.07) is 86.2. The van der Waals surface area contributed by atoms with E-state index < -0.39 is 6.85 Å². The van der Waals surface area contributed by atoms with E-state index in [4.69, 9.17) is 4.11 Å². The highest BCUT2D eigenvalue weighted by atomic mass is 15.0. The maximum Gasteiger partial charge on any atom is 0.215 e. The van der Waals surface area contributed by atoms with Crippen molar-refractivity contribution in [1.29, 1.82) is 0 Å². The molecule has 7 heteroatoms. The van der Waals surface area contributed by atoms with Crippen molar-refractivity contribution < 1.29 is 36.1 Å². The summed E-state index contributed by atoms with van der Waals surface area (Å²) in [6.45, 7) is 41.5. The number of benzene rings is 7. The molecule has 14 rings (SSSR count). The molecule has 7 aromatic heterocycles. The predicted octanol–water partition coefficient (Wildman–Crippen LogP) is 24.5. The number of aromatic nitrogens is 7. The van der Waals surface area contributed by atoms with Crippen LogP contribution in [-0.2, 0) is 75.0 Å². The first-order chi connectivity index (χ1) is 58.3. The lowest BCUT2D eigenvalue weighted by atomic mass is 9.88. The van der Waals surface area contributed by atoms with Crippen molar-refractivity contribution in [2.75, 3.05) is 0 Å². The molecule has 0 aliphatic rings. The van der Waals surface area contributed by atoms with E-state index in [0.29, 0.717) is 28.7 Å². The van der Waals surface area contributed by atoms with Crippen molar-refractivity contribution in [2.45, 2.75) is 183 Å². The first-order valence-corrected chi connectivity index (χ1v) is 43.2. The molecule has 0 radical (unpaired) electrons. The summed E-state index contributed by atoms with van der Waals surface area (Å²) < 4.78 is 38.1. The molecule has 622 valence electrons. The Morgan fingerprint density at radius 1 is 0.283 bits per heavy atom. The molecule has 0 saturated heterocycles. The maximum atomic E-state index is 7.64. The van der Waals surface area contributed by atoms with Crippen LogP contribution in [0.2, 0.25) is 0 Å². The quantitative estimate of drug-likeness (QED) is 0.0971. The Labute approximate surface area is 729 Å². The van der Waals surface area contributed by atoms with Gasteiger partial charge >= 0.3 is 0 Å². The standard InChI is InChI=1S/C18H24N.C17H22N.3C16H20N.2C15H18N/c1-14-8-6-7-9-16(14)17-11-10-15(13-19(17)5)12-18(2,3)4;1-13(2)11-15-9-10-17(18(4)12-15)16-8-6-5-7-14(16)3;1-11-8-6-7-9-15(11)16-14(4)13(3)12(2)10-17(16)5;1-12(2)14-9-10-17(4)16(11-14)15-8-6-5-7-13(15)3;1-12(2)14-9-10-16(17(4)11-14)15-8-6-5-7-13(15)3;1-4-13-9-10-16(3)15(11-13)14-8-6-5-7-12(14)2;1-4-13-9-10-15(16(3)11-13)14-8-6-5-7-12(14)2/h6-11,13H,12H2,1-5H3;5-10,12-13H,11H2,1-4H3;6-10H,1-5H3;2*5-12H,1-4H3;2*5-11H,4H2,1-3H3/q7*+1/i;;2D3;;;;. The fraction of sp³-hybridized carbons (Fsp3) is 0.319. The molecule has 14 aromatic rings. The lowest BCUT2D eigenvalue weighted by Gasteiger charge is -2.17. The van der Waals surface area contributed by atoms with Gasteiger partial charge in [-0.25, -0.2) is 32.0 Å². The van der Waals surface area contributed by atoms with Crippen LogP contribution in [0, 0.1) is 80.5 Å². The van der Waals surface area contributed by atoms with Gasteiger partial charge in [0.2, 0.25) is 39.9 Å². The van der Waals surface area contributed by atoms with E-state index in [1.165, 1.54) is 140 Å². The molecular formula is C113H142N7+7. The van der Waals surface area contributed by atoms with Gasteiger partial charge < -0.3 is 0 Å². The minimum Gasteiger partial charge on any atom is -0.201 e. The van der Waals surface area contributed by atoms with E-state index in [9.17, 15) is 0 Å². The van der Waals surface area contributed by atoms with Crippen molar-refractivity contribution in [3.8, 4) is 78.8 Å². The van der Waals surface area contributed by atoms with E-state index in [-0.39, 0.29) is 0 Å². The Morgan fingerprint density at radius 2 is 0.608 bits per heavy atom. The Balaban J connectivity index is 0.000000178. The van der Waals surface area contributed by atoms with Crippen LogP contribution in [0.15, 0.2) is 286 Å². The zero-order valence-corrected chi connectivity index (χ0v) is 77.8. The number of nitrogens with zero attached hydrogens (tertiary/aromatic N) is 7. The second kappa shape index (κ2) is 44.6. The molecule has 7 nitrogen and oxygen atoms in total. The molecule has 0 spiro atoms. The predicted molar refractivity (Wildman–Crippen MR) is 507 cm³/mol. The zero-order valence-electron chi connectivity index (χ0n) is 80.8. The van der Waals surface area contributed by atoms with Crippen molar-refractivity contribution in [3.63, 3.8) is 0 Å². The van der Waals surface area contributed by atoms with E-state index in [2.05, 4.69) is 462 Å². The van der Waals surface area contributed by atoms with Gasteiger partial charge in [0.15, 0.2) is 43.4 Å². The van der Waals surface area contributed by atoms with Crippen LogP contribution >= 0.6 is 0 Å². The van der Waals surface area contributed by atoms with Crippen molar-refractivity contribution in [2.24, 2.45) is 60.7 Å². The van der Waals surface area contributed by atoms with Gasteiger partial charge in [-0.3, -0.25) is 0 Å². The molecule has 0 amide bonds. The van der Waals surface area contributed by atoms with Crippen LogP contribution in [0.4, 0.5) is 0 Å². The Bertz CT molecular complexity index is 5840. The van der Waals surface area contributed by atoms with Gasteiger partial charge in [0.1, 0.15) is 49.3 Å². The monoisotopic (exact) mass is 1600 g/mol. The number of pyridine rings is 7. The SMILES string of the molecule is CCc1cc[n+](C)c(-c2ccccc2C)c1.CCc1ccc(-c2ccccc2C)[n+](C)c1.Cc1ccccc1-c1cc(C(C)C)cc[n+]1C.Cc1ccccc1-c1ccc(C(C)C)c[n+]1C.Cc1ccccc1-c1ccc(CC(C)(C)C)c[n+]1C.Cc1ccccc1-c1ccc(CC(C)C)c[n+]1C.[2H]C([2H])([2H])c1c[n+](C)c(-c2ccccc2C)c(C)c1C. The first kappa shape index (κ1) is 89.4.